The van der Waals surface area contributed by atoms with Gasteiger partial charge in [0.2, 0.25) is 0 Å². The van der Waals surface area contributed by atoms with Crippen molar-refractivity contribution in [1.29, 1.82) is 0 Å². The Kier molecular flexibility index (Phi) is 12.7. The van der Waals surface area contributed by atoms with Gasteiger partial charge in [-0.25, -0.2) is 0 Å². The summed E-state index contributed by atoms with van der Waals surface area (Å²) in [6.45, 7) is 6.49. The molecular formula is C48H46Br2O4. The van der Waals surface area contributed by atoms with Crippen molar-refractivity contribution >= 4 is 31.9 Å². The molecule has 6 aromatic rings. The van der Waals surface area contributed by atoms with Crippen LogP contribution in [0.25, 0.3) is 0 Å². The first-order valence-corrected chi connectivity index (χ1v) is 20.5. The Hall–Kier alpha value is -4.52. The Labute approximate surface area is 336 Å². The summed E-state index contributed by atoms with van der Waals surface area (Å²) < 4.78 is 29.1. The molecule has 0 radical (unpaired) electrons. The molecule has 0 aliphatic heterocycles. The normalized spacial score (nSPS) is 12.2. The molecule has 0 amide bonds. The molecular weight excluding hydrogens is 800 g/mol. The minimum Gasteiger partial charge on any atom is -0.493 e. The number of benzene rings is 6. The zero-order valence-corrected chi connectivity index (χ0v) is 34.2. The minimum absolute atomic E-state index is 0.468. The molecule has 7 rings (SSSR count). The molecule has 0 unspecified atom stereocenters. The average molecular weight is 847 g/mol. The minimum atomic E-state index is 0.468. The number of fused-ring (bicyclic) bond motifs is 8. The molecule has 54 heavy (non-hydrogen) atoms. The maximum Gasteiger partial charge on any atom is 0.126 e. The van der Waals surface area contributed by atoms with Crippen molar-refractivity contribution < 1.29 is 18.9 Å². The van der Waals surface area contributed by atoms with Crippen LogP contribution in [0, 0.1) is 0 Å². The van der Waals surface area contributed by atoms with Crippen molar-refractivity contribution in [3.63, 3.8) is 0 Å². The first kappa shape index (κ1) is 37.8. The molecule has 0 spiro atoms. The molecule has 0 atom stereocenters. The van der Waals surface area contributed by atoms with E-state index in [1.807, 2.05) is 12.1 Å². The summed E-state index contributed by atoms with van der Waals surface area (Å²) in [7, 11) is 0. The third-order valence-electron chi connectivity index (χ3n) is 9.65. The van der Waals surface area contributed by atoms with Crippen LogP contribution in [0.1, 0.15) is 82.3 Å². The maximum absolute atomic E-state index is 6.85. The molecule has 4 nitrogen and oxygen atoms in total. The predicted octanol–water partition coefficient (Wildman–Crippen LogP) is 12.6. The zero-order valence-electron chi connectivity index (χ0n) is 31.0. The Balaban J connectivity index is 1.43. The first-order valence-electron chi connectivity index (χ1n) is 18.9. The Morgan fingerprint density at radius 1 is 0.389 bits per heavy atom. The van der Waals surface area contributed by atoms with E-state index in [0.717, 1.165) is 100 Å². The van der Waals surface area contributed by atoms with Crippen molar-refractivity contribution in [3.8, 4) is 23.0 Å². The van der Waals surface area contributed by atoms with Gasteiger partial charge in [0.05, 0.1) is 13.2 Å². The standard InChI is InChI=1S/C48H46Br2O4/c1-3-21-51-47-39-24-37-19-11-17-35(45(37)53-31-33-13-7-5-8-14-33)23-36-18-12-20-38(46(36)54-32-34-15-9-6-10-16-34)25-40-28-44(50)30-42(48(40)52-22-4-2)26-41(47)29-43(49)27-39/h5-20,27-30H,3-4,21-26,31-32H2,1-2H3. The largest absolute Gasteiger partial charge is 0.493 e. The van der Waals surface area contributed by atoms with Gasteiger partial charge in [0.25, 0.3) is 0 Å². The van der Waals surface area contributed by atoms with Crippen molar-refractivity contribution in [2.45, 2.75) is 65.6 Å². The molecule has 0 heterocycles. The van der Waals surface area contributed by atoms with Gasteiger partial charge in [0, 0.05) is 56.9 Å². The summed E-state index contributed by atoms with van der Waals surface area (Å²) in [5.74, 6) is 3.66. The van der Waals surface area contributed by atoms with Crippen LogP contribution in [0.2, 0.25) is 0 Å². The van der Waals surface area contributed by atoms with Gasteiger partial charge in [0.1, 0.15) is 36.2 Å². The van der Waals surface area contributed by atoms with E-state index in [4.69, 9.17) is 18.9 Å². The van der Waals surface area contributed by atoms with Crippen LogP contribution in [0.3, 0.4) is 0 Å². The number of rotatable bonds is 12. The van der Waals surface area contributed by atoms with E-state index in [1.165, 1.54) is 0 Å². The maximum atomic E-state index is 6.85. The second-order valence-corrected chi connectivity index (χ2v) is 15.7. The van der Waals surface area contributed by atoms with Crippen LogP contribution < -0.4 is 18.9 Å². The topological polar surface area (TPSA) is 36.9 Å². The highest BCUT2D eigenvalue weighted by Gasteiger charge is 2.23. The molecule has 0 fully saturated rings. The van der Waals surface area contributed by atoms with Crippen LogP contribution in [0.4, 0.5) is 0 Å². The summed E-state index contributed by atoms with van der Waals surface area (Å²) in [5, 5.41) is 0. The SMILES string of the molecule is CCCOc1c2cc(Br)cc1Cc1cccc(c1OCc1ccccc1)Cc1cccc(c1OCc1ccccc1)Cc1cc(Br)cc(c1OCCC)C2. The van der Waals surface area contributed by atoms with Gasteiger partial charge < -0.3 is 18.9 Å². The van der Waals surface area contributed by atoms with Gasteiger partial charge in [0.15, 0.2) is 0 Å². The summed E-state index contributed by atoms with van der Waals surface area (Å²) in [5.41, 5.74) is 11.1. The second-order valence-electron chi connectivity index (χ2n) is 13.9. The Bertz CT molecular complexity index is 2030. The number of hydrogen-bond acceptors (Lipinski definition) is 4. The molecule has 1 aliphatic carbocycles. The van der Waals surface area contributed by atoms with E-state index in [2.05, 4.69) is 155 Å². The molecule has 1 aliphatic rings. The summed E-state index contributed by atoms with van der Waals surface area (Å²) >= 11 is 7.76. The highest BCUT2D eigenvalue weighted by atomic mass is 79.9. The summed E-state index contributed by atoms with van der Waals surface area (Å²) in [6, 6.07) is 42.7. The number of ether oxygens (including phenoxy) is 4. The van der Waals surface area contributed by atoms with Crippen molar-refractivity contribution in [3.05, 3.63) is 186 Å². The van der Waals surface area contributed by atoms with Crippen LogP contribution in [-0.2, 0) is 38.9 Å². The lowest BCUT2D eigenvalue weighted by atomic mass is 9.91. The van der Waals surface area contributed by atoms with Crippen LogP contribution in [0.5, 0.6) is 23.0 Å². The monoisotopic (exact) mass is 844 g/mol. The fraction of sp³-hybridized carbons (Fsp3) is 0.250. The number of halogens is 2. The van der Waals surface area contributed by atoms with Crippen LogP contribution in [-0.4, -0.2) is 13.2 Å². The molecule has 0 N–H and O–H groups in total. The van der Waals surface area contributed by atoms with Crippen molar-refractivity contribution in [2.75, 3.05) is 13.2 Å². The fourth-order valence-corrected chi connectivity index (χ4v) is 8.32. The zero-order chi connectivity index (χ0) is 37.3. The van der Waals surface area contributed by atoms with Gasteiger partial charge in [-0.15, -0.1) is 0 Å². The van der Waals surface area contributed by atoms with E-state index >= 15 is 0 Å². The number of para-hydroxylation sites is 2. The van der Waals surface area contributed by atoms with Gasteiger partial charge in [-0.1, -0.05) is 143 Å². The van der Waals surface area contributed by atoms with Gasteiger partial charge in [-0.3, -0.25) is 0 Å². The van der Waals surface area contributed by atoms with Gasteiger partial charge in [-0.2, -0.15) is 0 Å². The van der Waals surface area contributed by atoms with E-state index in [0.29, 0.717) is 52.1 Å². The van der Waals surface area contributed by atoms with Crippen molar-refractivity contribution in [1.82, 2.24) is 0 Å². The van der Waals surface area contributed by atoms with E-state index < -0.39 is 0 Å². The van der Waals surface area contributed by atoms with Crippen LogP contribution >= 0.6 is 31.9 Å². The molecule has 6 aromatic carbocycles. The van der Waals surface area contributed by atoms with Crippen LogP contribution in [0.15, 0.2) is 130 Å². The molecule has 276 valence electrons. The fourth-order valence-electron chi connectivity index (χ4n) is 7.21. The highest BCUT2D eigenvalue weighted by molar-refractivity contribution is 9.10. The Morgan fingerprint density at radius 3 is 1.06 bits per heavy atom. The van der Waals surface area contributed by atoms with E-state index in [-0.39, 0.29) is 0 Å². The average Bonchev–Trinajstić information content (AvgIpc) is 3.17. The summed E-state index contributed by atoms with van der Waals surface area (Å²) in [4.78, 5) is 0. The molecule has 0 aromatic heterocycles. The Morgan fingerprint density at radius 2 is 0.704 bits per heavy atom. The lowest BCUT2D eigenvalue weighted by molar-refractivity contribution is 0.296. The third-order valence-corrected chi connectivity index (χ3v) is 10.6. The lowest BCUT2D eigenvalue weighted by Gasteiger charge is -2.23. The first-order chi connectivity index (χ1) is 26.5. The molecule has 0 saturated heterocycles. The highest BCUT2D eigenvalue weighted by Crippen LogP contribution is 2.41. The quantitative estimate of drug-likeness (QED) is 0.123. The molecule has 8 bridgehead atoms. The number of hydrogen-bond donors (Lipinski definition) is 0. The van der Waals surface area contributed by atoms with Crippen molar-refractivity contribution in [2.24, 2.45) is 0 Å². The second kappa shape index (κ2) is 18.2. The van der Waals surface area contributed by atoms with Gasteiger partial charge in [-0.05, 0) is 70.5 Å². The van der Waals surface area contributed by atoms with E-state index in [1.54, 1.807) is 0 Å². The smallest absolute Gasteiger partial charge is 0.126 e. The van der Waals surface area contributed by atoms with Gasteiger partial charge >= 0.3 is 0 Å². The predicted molar refractivity (Wildman–Crippen MR) is 226 cm³/mol. The molecule has 6 heteroatoms. The lowest BCUT2D eigenvalue weighted by Crippen LogP contribution is -2.10. The van der Waals surface area contributed by atoms with E-state index in [9.17, 15) is 0 Å². The third kappa shape index (κ3) is 9.22. The summed E-state index contributed by atoms with van der Waals surface area (Å²) in [6.07, 6.45) is 4.39. The molecule has 0 saturated carbocycles.